The van der Waals surface area contributed by atoms with Crippen LogP contribution in [0.1, 0.15) is 47.0 Å². The molecule has 0 spiro atoms. The molecule has 23 heavy (non-hydrogen) atoms. The van der Waals surface area contributed by atoms with Gasteiger partial charge in [-0.1, -0.05) is 6.92 Å². The number of nitrogens with zero attached hydrogens (tertiary/aromatic N) is 2. The van der Waals surface area contributed by atoms with E-state index in [-0.39, 0.29) is 36.5 Å². The van der Waals surface area contributed by atoms with Crippen molar-refractivity contribution in [2.24, 2.45) is 4.99 Å². The Bertz CT molecular complexity index is 375. The summed E-state index contributed by atoms with van der Waals surface area (Å²) in [4.78, 5) is 18.4. The molecule has 1 rings (SSSR count). The number of ether oxygens (including phenoxy) is 1. The summed E-state index contributed by atoms with van der Waals surface area (Å²) in [6.45, 7) is 11.4. The lowest BCUT2D eigenvalue weighted by molar-refractivity contribution is -0.153. The highest BCUT2D eigenvalue weighted by atomic mass is 127. The zero-order chi connectivity index (χ0) is 16.6. The molecule has 0 bridgehead atoms. The summed E-state index contributed by atoms with van der Waals surface area (Å²) in [5.74, 6) is 0.396. The van der Waals surface area contributed by atoms with Gasteiger partial charge in [0.05, 0.1) is 0 Å². The van der Waals surface area contributed by atoms with E-state index in [4.69, 9.17) is 4.74 Å². The molecule has 0 aromatic carbocycles. The number of hydrogen-bond acceptors (Lipinski definition) is 4. The second-order valence-electron chi connectivity index (χ2n) is 6.77. The maximum atomic E-state index is 11.7. The topological polar surface area (TPSA) is 66.0 Å². The van der Waals surface area contributed by atoms with E-state index in [0.29, 0.717) is 12.0 Å². The van der Waals surface area contributed by atoms with Crippen LogP contribution in [0.25, 0.3) is 0 Å². The summed E-state index contributed by atoms with van der Waals surface area (Å²) in [7, 11) is 1.72. The number of carbonyl (C=O) groups excluding carboxylic acids is 1. The molecule has 2 N–H and O–H groups in total. The maximum Gasteiger partial charge on any atom is 0.325 e. The molecule has 0 saturated carbocycles. The van der Waals surface area contributed by atoms with Gasteiger partial charge in [-0.25, -0.2) is 0 Å². The Morgan fingerprint density at radius 3 is 2.39 bits per heavy atom. The molecule has 0 unspecified atom stereocenters. The SMILES string of the molecule is CCCN1CCC(NC(=NC)NCC(=O)OC(C)(C)C)CC1.I. The molecule has 1 saturated heterocycles. The largest absolute Gasteiger partial charge is 0.459 e. The number of esters is 1. The third-order valence-electron chi connectivity index (χ3n) is 3.51. The van der Waals surface area contributed by atoms with E-state index in [2.05, 4.69) is 27.4 Å². The first kappa shape index (κ1) is 22.4. The van der Waals surface area contributed by atoms with Crippen LogP contribution in [0.2, 0.25) is 0 Å². The van der Waals surface area contributed by atoms with Gasteiger partial charge in [0.1, 0.15) is 12.1 Å². The lowest BCUT2D eigenvalue weighted by Crippen LogP contribution is -2.49. The van der Waals surface area contributed by atoms with Crippen molar-refractivity contribution in [2.45, 2.75) is 58.6 Å². The summed E-state index contributed by atoms with van der Waals surface area (Å²) >= 11 is 0. The Kier molecular flexibility index (Phi) is 10.8. The van der Waals surface area contributed by atoms with Gasteiger partial charge in [-0.3, -0.25) is 9.79 Å². The molecular weight excluding hydrogens is 407 g/mol. The number of piperidine rings is 1. The van der Waals surface area contributed by atoms with E-state index in [1.54, 1.807) is 7.05 Å². The summed E-state index contributed by atoms with van der Waals surface area (Å²) in [6, 6.07) is 0.415. The standard InChI is InChI=1S/C16H32N4O2.HI/c1-6-9-20-10-7-13(8-11-20)19-15(17-5)18-12-14(21)22-16(2,3)4;/h13H,6-12H2,1-5H3,(H2,17,18,19);1H. The predicted octanol–water partition coefficient (Wildman–Crippen LogP) is 1.99. The number of nitrogens with one attached hydrogen (secondary N) is 2. The minimum Gasteiger partial charge on any atom is -0.459 e. The number of carbonyl (C=O) groups is 1. The van der Waals surface area contributed by atoms with Crippen molar-refractivity contribution in [2.75, 3.05) is 33.2 Å². The summed E-state index contributed by atoms with van der Waals surface area (Å²) in [6.07, 6.45) is 3.41. The van der Waals surface area contributed by atoms with Crippen molar-refractivity contribution in [3.05, 3.63) is 0 Å². The second kappa shape index (κ2) is 11.1. The number of guanidine groups is 1. The number of halogens is 1. The Labute approximate surface area is 157 Å². The molecule has 0 aromatic rings. The number of rotatable bonds is 5. The quantitative estimate of drug-likeness (QED) is 0.296. The maximum absolute atomic E-state index is 11.7. The Morgan fingerprint density at radius 2 is 1.91 bits per heavy atom. The average molecular weight is 440 g/mol. The lowest BCUT2D eigenvalue weighted by Gasteiger charge is -2.32. The second-order valence-corrected chi connectivity index (χ2v) is 6.77. The molecule has 136 valence electrons. The van der Waals surface area contributed by atoms with Crippen LogP contribution in [0.5, 0.6) is 0 Å². The van der Waals surface area contributed by atoms with Gasteiger partial charge in [0.15, 0.2) is 5.96 Å². The van der Waals surface area contributed by atoms with E-state index < -0.39 is 5.60 Å². The Balaban J connectivity index is 0.00000484. The van der Waals surface area contributed by atoms with Crippen molar-refractivity contribution >= 4 is 35.9 Å². The van der Waals surface area contributed by atoms with E-state index >= 15 is 0 Å². The third-order valence-corrected chi connectivity index (χ3v) is 3.51. The van der Waals surface area contributed by atoms with Gasteiger partial charge >= 0.3 is 5.97 Å². The average Bonchev–Trinajstić information content (AvgIpc) is 2.43. The van der Waals surface area contributed by atoms with Crippen LogP contribution in [0.15, 0.2) is 4.99 Å². The first-order chi connectivity index (χ1) is 10.3. The molecule has 1 fully saturated rings. The number of hydrogen-bond donors (Lipinski definition) is 2. The minimum absolute atomic E-state index is 0. The molecule has 7 heteroatoms. The van der Waals surface area contributed by atoms with Crippen molar-refractivity contribution in [1.82, 2.24) is 15.5 Å². The molecule has 1 aliphatic heterocycles. The van der Waals surface area contributed by atoms with Crippen molar-refractivity contribution in [1.29, 1.82) is 0 Å². The van der Waals surface area contributed by atoms with E-state index in [1.165, 1.54) is 13.0 Å². The summed E-state index contributed by atoms with van der Waals surface area (Å²) in [5.41, 5.74) is -0.457. The number of likely N-dealkylation sites (tertiary alicyclic amines) is 1. The highest BCUT2D eigenvalue weighted by Gasteiger charge is 2.20. The molecule has 1 heterocycles. The highest BCUT2D eigenvalue weighted by Crippen LogP contribution is 2.10. The fourth-order valence-corrected chi connectivity index (χ4v) is 2.54. The fraction of sp³-hybridized carbons (Fsp3) is 0.875. The Hall–Kier alpha value is -0.570. The van der Waals surface area contributed by atoms with Crippen molar-refractivity contribution < 1.29 is 9.53 Å². The van der Waals surface area contributed by atoms with Crippen LogP contribution >= 0.6 is 24.0 Å². The molecular formula is C16H33IN4O2. The zero-order valence-electron chi connectivity index (χ0n) is 15.1. The van der Waals surface area contributed by atoms with Crippen LogP contribution < -0.4 is 10.6 Å². The van der Waals surface area contributed by atoms with Gasteiger partial charge in [-0.2, -0.15) is 0 Å². The van der Waals surface area contributed by atoms with E-state index in [0.717, 1.165) is 25.9 Å². The number of aliphatic imine (C=N–C) groups is 1. The molecule has 6 nitrogen and oxygen atoms in total. The smallest absolute Gasteiger partial charge is 0.325 e. The first-order valence-electron chi connectivity index (χ1n) is 8.25. The summed E-state index contributed by atoms with van der Waals surface area (Å²) in [5, 5.41) is 6.42. The van der Waals surface area contributed by atoms with Gasteiger partial charge in [0.2, 0.25) is 0 Å². The van der Waals surface area contributed by atoms with Crippen molar-refractivity contribution in [3.8, 4) is 0 Å². The van der Waals surface area contributed by atoms with Gasteiger partial charge < -0.3 is 20.3 Å². The van der Waals surface area contributed by atoms with Gasteiger partial charge in [0.25, 0.3) is 0 Å². The van der Waals surface area contributed by atoms with E-state index in [1.807, 2.05) is 20.8 Å². The van der Waals surface area contributed by atoms with Crippen LogP contribution in [0, 0.1) is 0 Å². The molecule has 0 aromatic heterocycles. The molecule has 0 aliphatic carbocycles. The van der Waals surface area contributed by atoms with Crippen LogP contribution in [0.3, 0.4) is 0 Å². The summed E-state index contributed by atoms with van der Waals surface area (Å²) < 4.78 is 5.27. The fourth-order valence-electron chi connectivity index (χ4n) is 2.54. The molecule has 0 amide bonds. The molecule has 1 aliphatic rings. The Morgan fingerprint density at radius 1 is 1.30 bits per heavy atom. The highest BCUT2D eigenvalue weighted by molar-refractivity contribution is 14.0. The normalized spacial score (nSPS) is 17.3. The van der Waals surface area contributed by atoms with Gasteiger partial charge in [-0.05, 0) is 46.6 Å². The zero-order valence-corrected chi connectivity index (χ0v) is 17.5. The van der Waals surface area contributed by atoms with Gasteiger partial charge in [-0.15, -0.1) is 24.0 Å². The molecule has 0 radical (unpaired) electrons. The van der Waals surface area contributed by atoms with Gasteiger partial charge in [0, 0.05) is 26.2 Å². The van der Waals surface area contributed by atoms with E-state index in [9.17, 15) is 4.79 Å². The van der Waals surface area contributed by atoms with Crippen LogP contribution in [0.4, 0.5) is 0 Å². The first-order valence-corrected chi connectivity index (χ1v) is 8.25. The van der Waals surface area contributed by atoms with Crippen molar-refractivity contribution in [3.63, 3.8) is 0 Å². The lowest BCUT2D eigenvalue weighted by atomic mass is 10.1. The van der Waals surface area contributed by atoms with Crippen LogP contribution in [-0.2, 0) is 9.53 Å². The monoisotopic (exact) mass is 440 g/mol. The predicted molar refractivity (Wildman–Crippen MR) is 106 cm³/mol. The van der Waals surface area contributed by atoms with Crippen LogP contribution in [-0.4, -0.2) is 61.7 Å². The third kappa shape index (κ3) is 10.0. The minimum atomic E-state index is -0.457. The molecule has 0 atom stereocenters.